The number of para-hydroxylation sites is 10. The van der Waals surface area contributed by atoms with Crippen molar-refractivity contribution >= 4 is 206 Å². The van der Waals surface area contributed by atoms with Gasteiger partial charge in [-0.25, -0.2) is 0 Å². The molecule has 0 unspecified atom stereocenters. The van der Waals surface area contributed by atoms with Crippen LogP contribution in [0.25, 0.3) is 278 Å². The van der Waals surface area contributed by atoms with Gasteiger partial charge in [-0.05, 0) is 297 Å². The Kier molecular flexibility index (Phi) is 20.0. The first-order valence-electron chi connectivity index (χ1n) is 51.0. The summed E-state index contributed by atoms with van der Waals surface area (Å²) in [5.74, 6) is 0. The number of hydrogen-bond donors (Lipinski definition) is 0. The van der Waals surface area contributed by atoms with Crippen molar-refractivity contribution in [3.05, 3.63) is 540 Å². The maximum absolute atomic E-state index is 2.44. The van der Waals surface area contributed by atoms with Gasteiger partial charge in [0.25, 0.3) is 0 Å². The van der Waals surface area contributed by atoms with Crippen LogP contribution < -0.4 is 0 Å². The first-order chi connectivity index (χ1) is 73.9. The van der Waals surface area contributed by atoms with Crippen molar-refractivity contribution in [3.8, 4) is 94.1 Å². The molecule has 0 fully saturated rings. The van der Waals surface area contributed by atoms with Gasteiger partial charge in [-0.1, -0.05) is 309 Å². The average Bonchev–Trinajstić information content (AvgIpc) is 1.57. The van der Waals surface area contributed by atoms with Crippen LogP contribution in [0.15, 0.2) is 540 Å². The molecular weight excluding hydrogens is 1840 g/mol. The third-order valence-electron chi connectivity index (χ3n) is 30.6. The van der Waals surface area contributed by atoms with Gasteiger partial charge < -0.3 is 32.0 Å². The number of rotatable bonds is 12. The molecule has 0 aliphatic heterocycles. The summed E-state index contributed by atoms with van der Waals surface area (Å²) in [6, 6.07) is 197. The molecule has 149 heavy (non-hydrogen) atoms. The molecule has 0 N–H and O–H groups in total. The summed E-state index contributed by atoms with van der Waals surface area (Å²) >= 11 is 3.71. The molecule has 9 heterocycles. The van der Waals surface area contributed by atoms with E-state index in [9.17, 15) is 0 Å². The van der Waals surface area contributed by atoms with E-state index in [4.69, 9.17) is 0 Å². The van der Waals surface area contributed by atoms with Gasteiger partial charge in [-0.3, -0.25) is 0 Å². The highest BCUT2D eigenvalue weighted by Crippen LogP contribution is 2.48. The Hall–Kier alpha value is -19.2. The van der Waals surface area contributed by atoms with E-state index in [1.807, 2.05) is 22.7 Å². The molecule has 0 bridgehead atoms. The summed E-state index contributed by atoms with van der Waals surface area (Å²) in [7, 11) is 0. The Balaban J connectivity index is 0.000000103. The van der Waals surface area contributed by atoms with E-state index in [-0.39, 0.29) is 0 Å². The lowest BCUT2D eigenvalue weighted by Gasteiger charge is -2.11. The van der Waals surface area contributed by atoms with Crippen molar-refractivity contribution in [2.75, 3.05) is 0 Å². The van der Waals surface area contributed by atoms with E-state index in [0.29, 0.717) is 0 Å². The fraction of sp³-hybridized carbons (Fsp3) is 0. The second kappa shape index (κ2) is 34.8. The smallest absolute Gasteiger partial charge is 0.0542 e. The third kappa shape index (κ3) is 14.1. The first-order valence-corrected chi connectivity index (χ1v) is 52.6. The number of aromatic nitrogens is 7. The monoisotopic (exact) mass is 1930 g/mol. The summed E-state index contributed by atoms with van der Waals surface area (Å²) in [5, 5.41) is 22.7. The quantitative estimate of drug-likeness (QED) is 0.117. The second-order valence-corrected chi connectivity index (χ2v) is 41.2. The molecule has 0 saturated heterocycles. The summed E-state index contributed by atoms with van der Waals surface area (Å²) in [5.41, 5.74) is 35.0. The van der Waals surface area contributed by atoms with Gasteiger partial charge in [-0.2, -0.15) is 0 Å². The number of benzene rings is 23. The van der Waals surface area contributed by atoms with Gasteiger partial charge >= 0.3 is 0 Å². The summed E-state index contributed by atoms with van der Waals surface area (Å²) in [6.07, 6.45) is 0. The predicted octanol–water partition coefficient (Wildman–Crippen LogP) is 38.7. The van der Waals surface area contributed by atoms with Gasteiger partial charge in [0.15, 0.2) is 0 Å². The highest BCUT2D eigenvalue weighted by Gasteiger charge is 2.25. The lowest BCUT2D eigenvalue weighted by Crippen LogP contribution is -1.96. The number of fused-ring (bicyclic) bond motifs is 24. The zero-order valence-corrected chi connectivity index (χ0v) is 82.5. The van der Waals surface area contributed by atoms with Gasteiger partial charge in [0, 0.05) is 134 Å². The Bertz CT molecular complexity index is 11000. The molecule has 7 nitrogen and oxygen atoms in total. The fourth-order valence-corrected chi connectivity index (χ4v) is 26.0. The van der Waals surface area contributed by atoms with Crippen molar-refractivity contribution in [2.24, 2.45) is 0 Å². The Morgan fingerprint density at radius 3 is 0.664 bits per heavy atom. The molecule has 23 aromatic carbocycles. The molecule has 696 valence electrons. The van der Waals surface area contributed by atoms with Crippen LogP contribution in [-0.4, -0.2) is 32.0 Å². The Labute approximate surface area is 865 Å². The minimum absolute atomic E-state index is 1.16. The Morgan fingerprint density at radius 1 is 0.107 bits per heavy atom. The molecule has 0 amide bonds. The maximum Gasteiger partial charge on any atom is 0.0542 e. The fourth-order valence-electron chi connectivity index (χ4n) is 23.8. The SMILES string of the molecule is c1ccc(-n2c3ccccc3c3cc(-c4ccc5c(c4)c4ccccc4n5-c4ccc(-c5cc6ccccc6s5)cc4)ccc32)cc1.c1ccc(-n2c3ccccc3c3cc(-c4ccc5c(c4)c4ccccc4n5-c4ccc5c(c4)c4ccccc4n5-c4ccc5ccccc5c4)ccc32)cc1.c1ccc(-n2c3ccccc3c3cc(-c4ccc5c(c4)c4ccccc4n5-c4cccc(-c5cc6ccccc6s5)c4)ccc32)cc1. The first kappa shape index (κ1) is 85.4. The van der Waals surface area contributed by atoms with Crippen LogP contribution in [0.4, 0.5) is 0 Å². The van der Waals surface area contributed by atoms with Crippen molar-refractivity contribution in [1.29, 1.82) is 0 Å². The molecule has 9 heteroatoms. The highest BCUT2D eigenvalue weighted by molar-refractivity contribution is 7.22. The summed E-state index contributed by atoms with van der Waals surface area (Å²) in [4.78, 5) is 2.59. The minimum atomic E-state index is 1.16. The van der Waals surface area contributed by atoms with Crippen LogP contribution in [0, 0.1) is 0 Å². The van der Waals surface area contributed by atoms with Crippen LogP contribution in [0.5, 0.6) is 0 Å². The van der Waals surface area contributed by atoms with Crippen LogP contribution in [0.3, 0.4) is 0 Å². The zero-order valence-electron chi connectivity index (χ0n) is 80.8. The number of thiophene rings is 2. The molecule has 0 aliphatic rings. The summed E-state index contributed by atoms with van der Waals surface area (Å²) in [6.45, 7) is 0. The average molecular weight is 1930 g/mol. The van der Waals surface area contributed by atoms with Crippen molar-refractivity contribution in [3.63, 3.8) is 0 Å². The van der Waals surface area contributed by atoms with E-state index in [0.717, 1.165) is 5.69 Å². The molecular formula is C140H89N7S2. The van der Waals surface area contributed by atoms with Crippen molar-refractivity contribution in [1.82, 2.24) is 32.0 Å². The topological polar surface area (TPSA) is 34.5 Å². The molecule has 32 rings (SSSR count). The van der Waals surface area contributed by atoms with Gasteiger partial charge in [-0.15, -0.1) is 22.7 Å². The van der Waals surface area contributed by atoms with Crippen LogP contribution >= 0.6 is 22.7 Å². The summed E-state index contributed by atoms with van der Waals surface area (Å²) < 4.78 is 19.4. The van der Waals surface area contributed by atoms with Crippen LogP contribution in [0.1, 0.15) is 0 Å². The van der Waals surface area contributed by atoms with Crippen molar-refractivity contribution < 1.29 is 0 Å². The normalized spacial score (nSPS) is 11.9. The highest BCUT2D eigenvalue weighted by atomic mass is 32.1. The second-order valence-electron chi connectivity index (χ2n) is 39.0. The standard InChI is InChI=1S/C52H33N3.2C44H28N2S/c1-2-14-38(15-3-1)53-47-19-9-6-16-41(47)44-31-36(23-27-50(44)53)37-24-28-51-45(32-37)42-17-7-10-20-48(42)55(51)40-26-29-52-46(33-40)43-18-8-11-21-49(43)54(52)39-25-22-34-12-4-5-13-35(34)30-39;1-2-13-33(14-3-1)45-39-18-7-5-16-35(39)37-26-29(21-23-41(37)45)30-22-24-42-38(27-30)36-17-6-8-19-40(36)46(42)34-15-10-12-31(25-34)44-28-32-11-4-9-20-43(32)47-44;1-2-11-33(12-3-1)45-39-15-7-5-13-35(39)37-26-30(20-24-41(37)45)31-21-25-42-38(27-31)36-14-6-8-16-40(36)46(42)34-22-18-29(19-23-34)44-28-32-10-4-9-17-43(32)47-44/h1-33H;2*1-28H. The minimum Gasteiger partial charge on any atom is -0.309 e. The predicted molar refractivity (Wildman–Crippen MR) is 635 cm³/mol. The largest absolute Gasteiger partial charge is 0.309 e. The molecule has 0 atom stereocenters. The molecule has 0 radical (unpaired) electrons. The maximum atomic E-state index is 2.44. The zero-order chi connectivity index (χ0) is 97.8. The van der Waals surface area contributed by atoms with Gasteiger partial charge in [0.1, 0.15) is 0 Å². The molecule has 0 spiro atoms. The van der Waals surface area contributed by atoms with E-state index in [2.05, 4.69) is 572 Å². The number of nitrogens with zero attached hydrogens (tertiary/aromatic N) is 7. The third-order valence-corrected chi connectivity index (χ3v) is 33.0. The van der Waals surface area contributed by atoms with Gasteiger partial charge in [0.2, 0.25) is 0 Å². The molecule has 9 aromatic heterocycles. The van der Waals surface area contributed by atoms with E-state index < -0.39 is 0 Å². The number of hydrogen-bond acceptors (Lipinski definition) is 2. The van der Waals surface area contributed by atoms with E-state index in [1.165, 1.54) is 272 Å². The van der Waals surface area contributed by atoms with Crippen LogP contribution in [0.2, 0.25) is 0 Å². The van der Waals surface area contributed by atoms with Crippen molar-refractivity contribution in [2.45, 2.75) is 0 Å². The van der Waals surface area contributed by atoms with E-state index >= 15 is 0 Å². The molecule has 32 aromatic rings. The lowest BCUT2D eigenvalue weighted by molar-refractivity contribution is 1.17. The molecule has 0 aliphatic carbocycles. The van der Waals surface area contributed by atoms with E-state index in [1.54, 1.807) is 0 Å². The van der Waals surface area contributed by atoms with Crippen LogP contribution in [-0.2, 0) is 0 Å². The Morgan fingerprint density at radius 2 is 0.329 bits per heavy atom. The molecule has 0 saturated carbocycles. The lowest BCUT2D eigenvalue weighted by atomic mass is 10.0. The van der Waals surface area contributed by atoms with Gasteiger partial charge in [0.05, 0.1) is 77.2 Å².